The number of aromatic nitrogens is 2. The van der Waals surface area contributed by atoms with Crippen molar-refractivity contribution in [2.75, 3.05) is 0 Å². The molecular formula is C21H32N4O2. The summed E-state index contributed by atoms with van der Waals surface area (Å²) in [6.07, 6.45) is 10.1. The minimum atomic E-state index is -0.437. The van der Waals surface area contributed by atoms with Crippen LogP contribution < -0.4 is 11.1 Å². The molecule has 5 aliphatic rings. The van der Waals surface area contributed by atoms with Gasteiger partial charge >= 0.3 is 0 Å². The van der Waals surface area contributed by atoms with Crippen molar-refractivity contribution in [2.24, 2.45) is 34.8 Å². The lowest BCUT2D eigenvalue weighted by molar-refractivity contribution is -0.147. The smallest absolute Gasteiger partial charge is 0.249 e. The largest absolute Gasteiger partial charge is 0.344 e. The fourth-order valence-corrected chi connectivity index (χ4v) is 6.54. The summed E-state index contributed by atoms with van der Waals surface area (Å²) in [4.78, 5) is 18.0. The van der Waals surface area contributed by atoms with Crippen LogP contribution in [0.15, 0.2) is 4.52 Å². The maximum atomic E-state index is 13.4. The Morgan fingerprint density at radius 3 is 2.22 bits per heavy atom. The average Bonchev–Trinajstić information content (AvgIpc) is 3.05. The molecule has 5 fully saturated rings. The normalized spacial score (nSPS) is 37.3. The van der Waals surface area contributed by atoms with Crippen LogP contribution in [0.3, 0.4) is 0 Å². The predicted octanol–water partition coefficient (Wildman–Crippen LogP) is 3.44. The van der Waals surface area contributed by atoms with Crippen molar-refractivity contribution in [1.29, 1.82) is 0 Å². The Hall–Kier alpha value is -1.43. The predicted molar refractivity (Wildman–Crippen MR) is 100 cm³/mol. The molecule has 1 heterocycles. The second kappa shape index (κ2) is 6.03. The summed E-state index contributed by atoms with van der Waals surface area (Å²) in [6.45, 7) is 4.19. The third kappa shape index (κ3) is 2.82. The van der Waals surface area contributed by atoms with Gasteiger partial charge in [0, 0.05) is 5.41 Å². The van der Waals surface area contributed by atoms with Gasteiger partial charge in [0.05, 0.1) is 5.54 Å². The van der Waals surface area contributed by atoms with Crippen LogP contribution in [0, 0.1) is 29.1 Å². The van der Waals surface area contributed by atoms with E-state index < -0.39 is 5.54 Å². The van der Waals surface area contributed by atoms with Crippen molar-refractivity contribution in [3.63, 3.8) is 0 Å². The van der Waals surface area contributed by atoms with Gasteiger partial charge in [-0.3, -0.25) is 4.79 Å². The van der Waals surface area contributed by atoms with E-state index in [-0.39, 0.29) is 23.3 Å². The maximum Gasteiger partial charge on any atom is 0.249 e. The van der Waals surface area contributed by atoms with E-state index in [2.05, 4.69) is 29.3 Å². The minimum Gasteiger partial charge on any atom is -0.344 e. The number of hydrogen-bond donors (Lipinski definition) is 2. The van der Waals surface area contributed by atoms with Crippen LogP contribution in [0.5, 0.6) is 0 Å². The lowest BCUT2D eigenvalue weighted by atomic mass is 9.49. The number of nitrogens with zero attached hydrogens (tertiary/aromatic N) is 2. The Bertz CT molecular complexity index is 701. The highest BCUT2D eigenvalue weighted by Crippen LogP contribution is 2.60. The van der Waals surface area contributed by atoms with Gasteiger partial charge in [0.15, 0.2) is 5.82 Å². The van der Waals surface area contributed by atoms with Crippen LogP contribution in [0.4, 0.5) is 0 Å². The molecule has 1 amide bonds. The third-order valence-corrected chi connectivity index (χ3v) is 7.87. The van der Waals surface area contributed by atoms with E-state index in [0.29, 0.717) is 11.7 Å². The molecule has 6 rings (SSSR count). The summed E-state index contributed by atoms with van der Waals surface area (Å²) in [5, 5.41) is 7.47. The third-order valence-electron chi connectivity index (χ3n) is 7.87. The first-order chi connectivity index (χ1) is 12.9. The average molecular weight is 373 g/mol. The van der Waals surface area contributed by atoms with E-state index in [0.717, 1.165) is 56.3 Å². The zero-order valence-electron chi connectivity index (χ0n) is 16.5. The van der Waals surface area contributed by atoms with Crippen molar-refractivity contribution in [2.45, 2.75) is 83.2 Å². The summed E-state index contributed by atoms with van der Waals surface area (Å²) in [5.74, 6) is 3.77. The van der Waals surface area contributed by atoms with Crippen LogP contribution in [0.25, 0.3) is 0 Å². The molecule has 148 valence electrons. The van der Waals surface area contributed by atoms with E-state index in [1.807, 2.05) is 0 Å². The Morgan fingerprint density at radius 1 is 1.15 bits per heavy atom. The van der Waals surface area contributed by atoms with Gasteiger partial charge in [-0.2, -0.15) is 4.98 Å². The Morgan fingerprint density at radius 2 is 1.74 bits per heavy atom. The first-order valence-electron chi connectivity index (χ1n) is 10.8. The quantitative estimate of drug-likeness (QED) is 0.826. The van der Waals surface area contributed by atoms with Crippen molar-refractivity contribution in [1.82, 2.24) is 15.5 Å². The van der Waals surface area contributed by atoms with E-state index in [9.17, 15) is 4.79 Å². The van der Waals surface area contributed by atoms with Crippen molar-refractivity contribution < 1.29 is 9.32 Å². The van der Waals surface area contributed by atoms with Crippen LogP contribution in [-0.2, 0) is 10.3 Å². The van der Waals surface area contributed by atoms with Gasteiger partial charge < -0.3 is 15.6 Å². The summed E-state index contributed by atoms with van der Waals surface area (Å²) in [7, 11) is 0. The molecule has 0 aromatic carbocycles. The number of amides is 1. The van der Waals surface area contributed by atoms with Crippen molar-refractivity contribution in [3.8, 4) is 0 Å². The Labute approximate surface area is 161 Å². The van der Waals surface area contributed by atoms with E-state index in [1.54, 1.807) is 0 Å². The van der Waals surface area contributed by atoms with Crippen LogP contribution in [0.2, 0.25) is 0 Å². The first kappa shape index (κ1) is 17.7. The highest BCUT2D eigenvalue weighted by atomic mass is 16.5. The van der Waals surface area contributed by atoms with Gasteiger partial charge in [-0.15, -0.1) is 0 Å². The van der Waals surface area contributed by atoms with E-state index >= 15 is 0 Å². The molecule has 27 heavy (non-hydrogen) atoms. The summed E-state index contributed by atoms with van der Waals surface area (Å²) < 4.78 is 5.57. The summed E-state index contributed by atoms with van der Waals surface area (Å²) >= 11 is 0. The first-order valence-corrected chi connectivity index (χ1v) is 10.8. The van der Waals surface area contributed by atoms with Crippen LogP contribution in [0.1, 0.15) is 89.4 Å². The molecule has 6 nitrogen and oxygen atoms in total. The fraction of sp³-hybridized carbons (Fsp3) is 0.857. The van der Waals surface area contributed by atoms with Gasteiger partial charge in [-0.1, -0.05) is 19.0 Å². The van der Waals surface area contributed by atoms with Crippen molar-refractivity contribution in [3.05, 3.63) is 11.7 Å². The monoisotopic (exact) mass is 372 g/mol. The SMILES string of the molecule is CC(C)C(NC(=O)C12CC3CC(CC(C3)C1)C2)c1nc(C2(N)CCC2)no1. The van der Waals surface area contributed by atoms with Gasteiger partial charge in [0.25, 0.3) is 0 Å². The molecule has 1 unspecified atom stereocenters. The topological polar surface area (TPSA) is 94.0 Å². The molecular weight excluding hydrogens is 340 g/mol. The second-order valence-electron chi connectivity index (χ2n) is 10.4. The summed E-state index contributed by atoms with van der Waals surface area (Å²) in [6, 6.07) is -0.240. The lowest BCUT2D eigenvalue weighted by Crippen LogP contribution is -2.54. The number of hydrogen-bond acceptors (Lipinski definition) is 5. The molecule has 5 saturated carbocycles. The highest BCUT2D eigenvalue weighted by Gasteiger charge is 2.55. The minimum absolute atomic E-state index is 0.159. The number of nitrogens with two attached hydrogens (primary N) is 1. The van der Waals surface area contributed by atoms with Gasteiger partial charge in [-0.25, -0.2) is 0 Å². The molecule has 4 bridgehead atoms. The Kier molecular flexibility index (Phi) is 3.94. The maximum absolute atomic E-state index is 13.4. The molecule has 1 aromatic rings. The number of carbonyl (C=O) groups excluding carboxylic acids is 1. The van der Waals surface area contributed by atoms with Crippen LogP contribution >= 0.6 is 0 Å². The summed E-state index contributed by atoms with van der Waals surface area (Å²) in [5.41, 5.74) is 5.75. The van der Waals surface area contributed by atoms with Gasteiger partial charge in [0.2, 0.25) is 11.8 Å². The van der Waals surface area contributed by atoms with Gasteiger partial charge in [-0.05, 0) is 81.5 Å². The molecule has 5 aliphatic carbocycles. The number of nitrogens with one attached hydrogen (secondary N) is 1. The molecule has 0 radical (unpaired) electrons. The fourth-order valence-electron chi connectivity index (χ4n) is 6.54. The van der Waals surface area contributed by atoms with E-state index in [4.69, 9.17) is 10.3 Å². The van der Waals surface area contributed by atoms with Gasteiger partial charge in [0.1, 0.15) is 6.04 Å². The molecule has 6 heteroatoms. The molecule has 1 aromatic heterocycles. The second-order valence-corrected chi connectivity index (χ2v) is 10.4. The molecule has 1 atom stereocenters. The van der Waals surface area contributed by atoms with E-state index in [1.165, 1.54) is 19.3 Å². The highest BCUT2D eigenvalue weighted by molar-refractivity contribution is 5.83. The zero-order valence-corrected chi connectivity index (χ0v) is 16.5. The lowest BCUT2D eigenvalue weighted by Gasteiger charge is -2.55. The van der Waals surface area contributed by atoms with Crippen LogP contribution in [-0.4, -0.2) is 16.0 Å². The van der Waals surface area contributed by atoms with Crippen molar-refractivity contribution >= 4 is 5.91 Å². The Balaban J connectivity index is 1.35. The molecule has 3 N–H and O–H groups in total. The number of rotatable bonds is 5. The molecule has 0 aliphatic heterocycles. The number of carbonyl (C=O) groups is 1. The standard InChI is InChI=1S/C21H32N4O2/c1-12(2)16(17-24-18(25-27-17)21(22)4-3-5-21)23-19(26)20-9-13-6-14(10-20)8-15(7-13)11-20/h12-16H,3-11,22H2,1-2H3,(H,23,26). The zero-order chi connectivity index (χ0) is 18.8. The molecule has 0 saturated heterocycles. The molecule has 0 spiro atoms.